The first kappa shape index (κ1) is 22.4. The van der Waals surface area contributed by atoms with Gasteiger partial charge in [-0.15, -0.1) is 0 Å². The number of alkyl halides is 3. The molecule has 0 aliphatic carbocycles. The fourth-order valence-corrected chi connectivity index (χ4v) is 2.91. The number of carboxylic acids is 1. The summed E-state index contributed by atoms with van der Waals surface area (Å²) < 4.78 is 44.1. The van der Waals surface area contributed by atoms with Gasteiger partial charge in [-0.1, -0.05) is 12.1 Å². The maximum atomic E-state index is 12.8. The van der Waals surface area contributed by atoms with Gasteiger partial charge in [0.2, 0.25) is 0 Å². The van der Waals surface area contributed by atoms with Crippen molar-refractivity contribution in [3.8, 4) is 17.4 Å². The van der Waals surface area contributed by atoms with Gasteiger partial charge >= 0.3 is 12.1 Å². The second-order valence-electron chi connectivity index (χ2n) is 6.74. The Balaban J connectivity index is 1.82. The molecule has 0 unspecified atom stereocenters. The highest BCUT2D eigenvalue weighted by Crippen LogP contribution is 2.31. The molecule has 3 aromatic rings. The highest BCUT2D eigenvalue weighted by Gasteiger charge is 2.30. The number of anilines is 1. The molecule has 0 atom stereocenters. The van der Waals surface area contributed by atoms with Gasteiger partial charge in [-0.3, -0.25) is 4.79 Å². The van der Waals surface area contributed by atoms with E-state index in [0.717, 1.165) is 24.3 Å². The van der Waals surface area contributed by atoms with Gasteiger partial charge in [-0.2, -0.15) is 18.4 Å². The van der Waals surface area contributed by atoms with Gasteiger partial charge in [0.15, 0.2) is 0 Å². The Morgan fingerprint density at radius 3 is 2.50 bits per heavy atom. The van der Waals surface area contributed by atoms with Crippen molar-refractivity contribution in [3.63, 3.8) is 0 Å². The number of hydrogen-bond acceptors (Lipinski definition) is 4. The Morgan fingerprint density at radius 1 is 1.12 bits per heavy atom. The van der Waals surface area contributed by atoms with Crippen LogP contribution in [0, 0.1) is 18.3 Å². The molecule has 6 nitrogen and oxygen atoms in total. The molecule has 0 aliphatic heterocycles. The van der Waals surface area contributed by atoms with E-state index in [1.54, 1.807) is 25.1 Å². The number of aryl methyl sites for hydroxylation is 1. The second kappa shape index (κ2) is 8.81. The number of nitriles is 1. The van der Waals surface area contributed by atoms with Crippen LogP contribution in [-0.2, 0) is 11.0 Å². The van der Waals surface area contributed by atoms with Crippen molar-refractivity contribution < 1.29 is 32.3 Å². The number of carbonyl (C=O) groups is 2. The zero-order valence-corrected chi connectivity index (χ0v) is 16.5. The Hall–Kier alpha value is -4.32. The number of nitrogens with zero attached hydrogens (tertiary/aromatic N) is 1. The van der Waals surface area contributed by atoms with Crippen LogP contribution in [0.4, 0.5) is 18.9 Å². The number of carbonyl (C=O) groups excluding carboxylic acids is 1. The first-order valence-electron chi connectivity index (χ1n) is 9.13. The van der Waals surface area contributed by atoms with Crippen molar-refractivity contribution in [1.82, 2.24) is 0 Å². The number of hydrogen-bond donors (Lipinski definition) is 2. The van der Waals surface area contributed by atoms with Gasteiger partial charge in [-0.05, 0) is 55.0 Å². The third kappa shape index (κ3) is 5.05. The van der Waals surface area contributed by atoms with E-state index < -0.39 is 23.6 Å². The Kier molecular flexibility index (Phi) is 6.16. The molecule has 0 spiro atoms. The molecule has 1 aromatic heterocycles. The zero-order chi connectivity index (χ0) is 23.5. The van der Waals surface area contributed by atoms with Crippen LogP contribution in [0.3, 0.4) is 0 Å². The van der Waals surface area contributed by atoms with Crippen LogP contribution in [-0.4, -0.2) is 17.0 Å². The molecule has 0 bridgehead atoms. The zero-order valence-electron chi connectivity index (χ0n) is 16.5. The van der Waals surface area contributed by atoms with Crippen LogP contribution >= 0.6 is 0 Å². The van der Waals surface area contributed by atoms with Gasteiger partial charge in [0.05, 0.1) is 11.1 Å². The average molecular weight is 440 g/mol. The highest BCUT2D eigenvalue weighted by molar-refractivity contribution is 6.09. The van der Waals surface area contributed by atoms with Crippen LogP contribution in [0.15, 0.2) is 64.6 Å². The minimum absolute atomic E-state index is 0.111. The SMILES string of the molecule is Cc1cc(C(=O)O)ccc1-c1ccc(/C=C(/C#N)C(=O)Nc2cccc(C(F)(F)F)c2)o1. The van der Waals surface area contributed by atoms with Crippen LogP contribution in [0.2, 0.25) is 0 Å². The molecular weight excluding hydrogens is 425 g/mol. The number of benzene rings is 2. The monoisotopic (exact) mass is 440 g/mol. The third-order valence-electron chi connectivity index (χ3n) is 4.47. The molecule has 32 heavy (non-hydrogen) atoms. The number of furan rings is 1. The summed E-state index contributed by atoms with van der Waals surface area (Å²) in [6.45, 7) is 1.71. The van der Waals surface area contributed by atoms with Crippen molar-refractivity contribution in [1.29, 1.82) is 5.26 Å². The summed E-state index contributed by atoms with van der Waals surface area (Å²) in [6.07, 6.45) is -3.41. The lowest BCUT2D eigenvalue weighted by Gasteiger charge is -2.09. The maximum Gasteiger partial charge on any atom is 0.416 e. The quantitative estimate of drug-likeness (QED) is 0.402. The summed E-state index contributed by atoms with van der Waals surface area (Å²) in [4.78, 5) is 23.4. The minimum atomic E-state index is -4.57. The lowest BCUT2D eigenvalue weighted by atomic mass is 10.0. The third-order valence-corrected chi connectivity index (χ3v) is 4.47. The molecule has 162 valence electrons. The fraction of sp³-hybridized carbons (Fsp3) is 0.0870. The topological polar surface area (TPSA) is 103 Å². The van der Waals surface area contributed by atoms with Gasteiger partial charge in [0, 0.05) is 17.3 Å². The van der Waals surface area contributed by atoms with Crippen LogP contribution in [0.25, 0.3) is 17.4 Å². The smallest absolute Gasteiger partial charge is 0.416 e. The molecule has 2 N–H and O–H groups in total. The molecule has 0 saturated heterocycles. The standard InChI is InChI=1S/C23H15F3N2O4/c1-13-9-14(22(30)31)5-7-19(13)20-8-6-18(32-20)10-15(12-27)21(29)28-17-4-2-3-16(11-17)23(24,25)26/h2-11H,1H3,(H,28,29)(H,30,31)/b15-10-. The molecule has 0 radical (unpaired) electrons. The van der Waals surface area contributed by atoms with Crippen molar-refractivity contribution in [2.45, 2.75) is 13.1 Å². The van der Waals surface area contributed by atoms with Crippen LogP contribution in [0.1, 0.15) is 27.2 Å². The fourth-order valence-electron chi connectivity index (χ4n) is 2.91. The molecule has 0 aliphatic rings. The van der Waals surface area contributed by atoms with E-state index >= 15 is 0 Å². The highest BCUT2D eigenvalue weighted by atomic mass is 19.4. The van der Waals surface area contributed by atoms with Gasteiger partial charge in [0.25, 0.3) is 5.91 Å². The van der Waals surface area contributed by atoms with Crippen molar-refractivity contribution in [3.05, 3.63) is 82.6 Å². The predicted molar refractivity (Wildman–Crippen MR) is 110 cm³/mol. The van der Waals surface area contributed by atoms with E-state index in [0.29, 0.717) is 16.9 Å². The van der Waals surface area contributed by atoms with Gasteiger partial charge in [-0.25, -0.2) is 4.79 Å². The van der Waals surface area contributed by atoms with Crippen molar-refractivity contribution in [2.24, 2.45) is 0 Å². The lowest BCUT2D eigenvalue weighted by Crippen LogP contribution is -2.14. The molecule has 1 heterocycles. The van der Waals surface area contributed by atoms with Crippen LogP contribution in [0.5, 0.6) is 0 Å². The summed E-state index contributed by atoms with van der Waals surface area (Å²) in [6, 6.07) is 13.3. The van der Waals surface area contributed by atoms with Gasteiger partial charge < -0.3 is 14.8 Å². The van der Waals surface area contributed by atoms with E-state index in [4.69, 9.17) is 9.52 Å². The molecule has 9 heteroatoms. The first-order valence-corrected chi connectivity index (χ1v) is 9.13. The van der Waals surface area contributed by atoms with E-state index in [-0.39, 0.29) is 22.6 Å². The van der Waals surface area contributed by atoms with Crippen molar-refractivity contribution in [2.75, 3.05) is 5.32 Å². The number of nitrogens with one attached hydrogen (secondary N) is 1. The predicted octanol–water partition coefficient (Wildman–Crippen LogP) is 5.52. The first-order chi connectivity index (χ1) is 15.1. The molecular formula is C23H15F3N2O4. The molecule has 1 amide bonds. The Bertz CT molecular complexity index is 1270. The van der Waals surface area contributed by atoms with Gasteiger partial charge in [0.1, 0.15) is 23.2 Å². The number of aromatic carboxylic acids is 1. The summed E-state index contributed by atoms with van der Waals surface area (Å²) in [5.41, 5.74) is -0.0191. The normalized spacial score (nSPS) is 11.7. The summed E-state index contributed by atoms with van der Waals surface area (Å²) in [7, 11) is 0. The number of amides is 1. The van der Waals surface area contributed by atoms with Crippen molar-refractivity contribution >= 4 is 23.6 Å². The maximum absolute atomic E-state index is 12.8. The van der Waals surface area contributed by atoms with E-state index in [1.807, 2.05) is 0 Å². The van der Waals surface area contributed by atoms with E-state index in [2.05, 4.69) is 5.32 Å². The molecule has 2 aromatic carbocycles. The molecule has 0 saturated carbocycles. The minimum Gasteiger partial charge on any atom is -0.478 e. The summed E-state index contributed by atoms with van der Waals surface area (Å²) in [5, 5.41) is 20.6. The second-order valence-corrected chi connectivity index (χ2v) is 6.74. The average Bonchev–Trinajstić information content (AvgIpc) is 3.19. The largest absolute Gasteiger partial charge is 0.478 e. The summed E-state index contributed by atoms with van der Waals surface area (Å²) in [5.74, 6) is -1.40. The summed E-state index contributed by atoms with van der Waals surface area (Å²) >= 11 is 0. The Labute approximate surface area is 180 Å². The number of halogens is 3. The van der Waals surface area contributed by atoms with E-state index in [1.165, 1.54) is 24.3 Å². The number of rotatable bonds is 5. The molecule has 0 fully saturated rings. The lowest BCUT2D eigenvalue weighted by molar-refractivity contribution is -0.137. The van der Waals surface area contributed by atoms with E-state index in [9.17, 15) is 28.0 Å². The number of carboxylic acid groups (broad SMARTS) is 1. The molecule has 3 rings (SSSR count). The van der Waals surface area contributed by atoms with Crippen LogP contribution < -0.4 is 5.32 Å². The Morgan fingerprint density at radius 2 is 1.88 bits per heavy atom.